The summed E-state index contributed by atoms with van der Waals surface area (Å²) >= 11 is 0. The predicted molar refractivity (Wildman–Crippen MR) is 204 cm³/mol. The topological polar surface area (TPSA) is 148 Å². The fourth-order valence-corrected chi connectivity index (χ4v) is 7.08. The van der Waals surface area contributed by atoms with Crippen LogP contribution in [0.4, 0.5) is 4.79 Å². The van der Waals surface area contributed by atoms with Crippen LogP contribution in [0.5, 0.6) is 11.5 Å². The number of carbonyl (C=O) groups excluding carboxylic acids is 4. The van der Waals surface area contributed by atoms with E-state index < -0.39 is 59.0 Å². The highest BCUT2D eigenvalue weighted by molar-refractivity contribution is 5.98. The molecule has 3 N–H and O–H groups in total. The number of hydrogen-bond acceptors (Lipinski definition) is 8. The molecule has 284 valence electrons. The Hall–Kier alpha value is -5.57. The van der Waals surface area contributed by atoms with Crippen LogP contribution in [-0.2, 0) is 19.1 Å². The lowest BCUT2D eigenvalue weighted by Crippen LogP contribution is -2.65. The summed E-state index contributed by atoms with van der Waals surface area (Å²) in [6.07, 6.45) is 6.75. The number of esters is 1. The molecule has 1 aliphatic carbocycles. The summed E-state index contributed by atoms with van der Waals surface area (Å²) < 4.78 is 17.6. The number of nitrogens with zero attached hydrogens (tertiary/aromatic N) is 2. The smallest absolute Gasteiger partial charge is 0.346 e. The van der Waals surface area contributed by atoms with Gasteiger partial charge >= 0.3 is 12.0 Å². The number of methoxy groups -OCH3 is 1. The molecule has 0 saturated carbocycles. The average molecular weight is 736 g/mol. The Bertz CT molecular complexity index is 1980. The molecule has 1 fully saturated rings. The van der Waals surface area contributed by atoms with Gasteiger partial charge in [0.25, 0.3) is 0 Å². The summed E-state index contributed by atoms with van der Waals surface area (Å²) in [5, 5.41) is 9.42. The van der Waals surface area contributed by atoms with Crippen molar-refractivity contribution in [1.82, 2.24) is 25.8 Å². The molecular formula is C42H49N5O7. The van der Waals surface area contributed by atoms with Crippen LogP contribution in [-0.4, -0.2) is 83.2 Å². The van der Waals surface area contributed by atoms with Gasteiger partial charge in [0.15, 0.2) is 0 Å². The molecule has 0 radical (unpaired) electrons. The molecule has 6 rings (SSSR count). The molecule has 12 nitrogen and oxygen atoms in total. The number of ether oxygens (including phenoxy) is 3. The highest BCUT2D eigenvalue weighted by atomic mass is 16.5. The largest absolute Gasteiger partial charge is 0.497 e. The van der Waals surface area contributed by atoms with E-state index in [9.17, 15) is 19.2 Å². The molecule has 3 unspecified atom stereocenters. The molecule has 3 aliphatic rings. The minimum atomic E-state index is -1.59. The number of urea groups is 1. The molecule has 2 aliphatic heterocycles. The Kier molecular flexibility index (Phi) is 11.5. The van der Waals surface area contributed by atoms with Crippen LogP contribution in [0.2, 0.25) is 0 Å². The van der Waals surface area contributed by atoms with Crippen molar-refractivity contribution in [3.05, 3.63) is 66.7 Å². The standard InChI is InChI=1S/C42H49N5O7/c1-6-53-39(50)42-22-21-28(42)17-13-8-7-9-14-18-32(44-40(51)46-41(2,3)4)38(49)47-26-30(24-35(47)37(48)45-42)54-36-25-33(27-15-11-10-12-16-27)43-34-23-29(52-5)19-20-31(34)36/h10-13,15-17,19-20,23,25,28,30,32,35H,6-9,14,18,24,26H2,1-5H3,(H,45,48)(H2,44,46,51)/b17-13-/t28?,30?,32?,35-,42+/m0/s1. The lowest BCUT2D eigenvalue weighted by Gasteiger charge is -2.37. The number of benzene rings is 2. The summed E-state index contributed by atoms with van der Waals surface area (Å²) in [5.74, 6) is 4.87. The molecule has 54 heavy (non-hydrogen) atoms. The first-order chi connectivity index (χ1) is 25.9. The van der Waals surface area contributed by atoms with E-state index in [0.29, 0.717) is 35.6 Å². The van der Waals surface area contributed by atoms with E-state index in [-0.39, 0.29) is 19.6 Å². The van der Waals surface area contributed by atoms with Gasteiger partial charge in [0.1, 0.15) is 29.7 Å². The first kappa shape index (κ1) is 38.2. The van der Waals surface area contributed by atoms with Crippen LogP contribution in [0.3, 0.4) is 0 Å². The Morgan fingerprint density at radius 3 is 2.57 bits per heavy atom. The zero-order chi connectivity index (χ0) is 38.5. The maximum Gasteiger partial charge on any atom is 0.346 e. The molecule has 0 spiro atoms. The number of nitrogens with one attached hydrogen (secondary N) is 3. The third kappa shape index (κ3) is 8.46. The number of carbonyl (C=O) groups is 4. The van der Waals surface area contributed by atoms with Gasteiger partial charge in [-0.05, 0) is 59.1 Å². The van der Waals surface area contributed by atoms with Crippen LogP contribution in [0.25, 0.3) is 22.2 Å². The summed E-state index contributed by atoms with van der Waals surface area (Å²) in [7, 11) is 1.59. The number of rotatable bonds is 7. The van der Waals surface area contributed by atoms with Gasteiger partial charge < -0.3 is 35.1 Å². The minimum Gasteiger partial charge on any atom is -0.497 e. The fraction of sp³-hybridized carbons (Fsp3) is 0.452. The molecule has 3 heterocycles. The Morgan fingerprint density at radius 2 is 1.87 bits per heavy atom. The van der Waals surface area contributed by atoms with Crippen molar-refractivity contribution < 1.29 is 33.4 Å². The quantitative estimate of drug-likeness (QED) is 0.168. The van der Waals surface area contributed by atoms with Crippen molar-refractivity contribution in [3.63, 3.8) is 0 Å². The zero-order valence-corrected chi connectivity index (χ0v) is 31.6. The number of amides is 4. The van der Waals surface area contributed by atoms with Crippen molar-refractivity contribution in [2.24, 2.45) is 5.92 Å². The van der Waals surface area contributed by atoms with E-state index in [4.69, 9.17) is 19.2 Å². The summed E-state index contributed by atoms with van der Waals surface area (Å²) in [6, 6.07) is 14.7. The van der Waals surface area contributed by atoms with Gasteiger partial charge in [-0.15, -0.1) is 0 Å². The number of hydrogen-bond donors (Lipinski definition) is 3. The van der Waals surface area contributed by atoms with Gasteiger partial charge in [-0.3, -0.25) is 9.59 Å². The SMILES string of the molecule is CCOC(=O)[C@@]12C#CC1/C=C\CCCCCC(NC(=O)NC(C)(C)C)C(=O)N1CC(Oc3cc(-c4ccccc4)nc4cc(OC)ccc34)C[C@H]1C(=O)N2. The normalized spacial score (nSPS) is 24.9. The van der Waals surface area contributed by atoms with Gasteiger partial charge in [0.2, 0.25) is 17.4 Å². The van der Waals surface area contributed by atoms with Gasteiger partial charge in [-0.1, -0.05) is 67.2 Å². The van der Waals surface area contributed by atoms with Gasteiger partial charge in [-0.25, -0.2) is 14.6 Å². The lowest BCUT2D eigenvalue weighted by molar-refractivity contribution is -0.153. The van der Waals surface area contributed by atoms with E-state index >= 15 is 0 Å². The first-order valence-electron chi connectivity index (χ1n) is 18.7. The van der Waals surface area contributed by atoms with E-state index in [0.717, 1.165) is 30.2 Å². The van der Waals surface area contributed by atoms with E-state index in [1.807, 2.05) is 87.5 Å². The minimum absolute atomic E-state index is 0.0536. The van der Waals surface area contributed by atoms with Crippen molar-refractivity contribution >= 4 is 34.7 Å². The Morgan fingerprint density at radius 1 is 1.07 bits per heavy atom. The second-order valence-electron chi connectivity index (χ2n) is 15.0. The molecule has 0 bridgehead atoms. The maximum absolute atomic E-state index is 14.6. The number of allylic oxidation sites excluding steroid dienone is 1. The molecule has 5 atom stereocenters. The summed E-state index contributed by atoms with van der Waals surface area (Å²) in [4.78, 5) is 62.0. The number of fused-ring (bicyclic) bond motifs is 3. The Labute approximate surface area is 316 Å². The molecular weight excluding hydrogens is 686 g/mol. The van der Waals surface area contributed by atoms with Crippen LogP contribution in [0.1, 0.15) is 66.2 Å². The third-order valence-corrected chi connectivity index (χ3v) is 9.78. The second-order valence-corrected chi connectivity index (χ2v) is 15.0. The third-order valence-electron chi connectivity index (χ3n) is 9.78. The summed E-state index contributed by atoms with van der Waals surface area (Å²) in [6.45, 7) is 7.44. The van der Waals surface area contributed by atoms with Crippen LogP contribution in [0, 0.1) is 17.8 Å². The molecule has 12 heteroatoms. The zero-order valence-electron chi connectivity index (χ0n) is 31.6. The lowest BCUT2D eigenvalue weighted by atomic mass is 9.76. The van der Waals surface area contributed by atoms with E-state index in [2.05, 4.69) is 27.8 Å². The van der Waals surface area contributed by atoms with Gasteiger partial charge in [0.05, 0.1) is 37.4 Å². The highest BCUT2D eigenvalue weighted by Gasteiger charge is 2.53. The number of pyridine rings is 1. The predicted octanol–water partition coefficient (Wildman–Crippen LogP) is 5.30. The van der Waals surface area contributed by atoms with Crippen LogP contribution < -0.4 is 25.4 Å². The molecule has 1 saturated heterocycles. The Balaban J connectivity index is 1.37. The second kappa shape index (κ2) is 16.2. The van der Waals surface area contributed by atoms with Gasteiger partial charge in [0, 0.05) is 35.0 Å². The monoisotopic (exact) mass is 735 g/mol. The van der Waals surface area contributed by atoms with E-state index in [1.54, 1.807) is 14.0 Å². The first-order valence-corrected chi connectivity index (χ1v) is 18.7. The molecule has 2 aromatic carbocycles. The average Bonchev–Trinajstić information content (AvgIpc) is 3.56. The van der Waals surface area contributed by atoms with E-state index in [1.165, 1.54) is 4.90 Å². The molecule has 4 amide bonds. The van der Waals surface area contributed by atoms with Gasteiger partial charge in [-0.2, -0.15) is 0 Å². The van der Waals surface area contributed by atoms with Crippen molar-refractivity contribution in [1.29, 1.82) is 0 Å². The molecule has 3 aromatic rings. The van der Waals surface area contributed by atoms with Crippen molar-refractivity contribution in [2.75, 3.05) is 20.3 Å². The number of aromatic nitrogens is 1. The highest BCUT2D eigenvalue weighted by Crippen LogP contribution is 2.35. The summed E-state index contributed by atoms with van der Waals surface area (Å²) in [5.41, 5.74) is 0.0952. The van der Waals surface area contributed by atoms with Crippen LogP contribution in [0.15, 0.2) is 66.7 Å². The van der Waals surface area contributed by atoms with Crippen LogP contribution >= 0.6 is 0 Å². The van der Waals surface area contributed by atoms with Crippen molar-refractivity contribution in [3.8, 4) is 34.6 Å². The fourth-order valence-electron chi connectivity index (χ4n) is 7.08. The van der Waals surface area contributed by atoms with Crippen molar-refractivity contribution in [2.45, 2.75) is 95.5 Å². The molecule has 1 aromatic heterocycles. The maximum atomic E-state index is 14.6.